The molecule has 130 valence electrons. The number of aryl methyl sites for hydroxylation is 1. The van der Waals surface area contributed by atoms with Gasteiger partial charge >= 0.3 is 0 Å². The van der Waals surface area contributed by atoms with Crippen LogP contribution in [0.3, 0.4) is 0 Å². The number of aliphatic hydroxyl groups excluding tert-OH is 1. The first-order chi connectivity index (χ1) is 11.6. The molecular formula is C19H26N2O2S. The molecule has 0 spiro atoms. The van der Waals surface area contributed by atoms with Gasteiger partial charge in [0.2, 0.25) is 0 Å². The first-order valence-electron chi connectivity index (χ1n) is 8.51. The zero-order chi connectivity index (χ0) is 16.9. The fourth-order valence-corrected chi connectivity index (χ4v) is 3.84. The van der Waals surface area contributed by atoms with Crippen molar-refractivity contribution < 1.29 is 9.52 Å². The molecule has 1 fully saturated rings. The summed E-state index contributed by atoms with van der Waals surface area (Å²) in [6.45, 7) is 6.25. The molecule has 1 aliphatic rings. The summed E-state index contributed by atoms with van der Waals surface area (Å²) in [7, 11) is 2.14. The maximum atomic E-state index is 9.21. The molecular weight excluding hydrogens is 320 g/mol. The number of benzene rings is 1. The summed E-state index contributed by atoms with van der Waals surface area (Å²) in [4.78, 5) is 5.96. The normalized spacial score (nSPS) is 19.7. The highest BCUT2D eigenvalue weighted by atomic mass is 32.2. The van der Waals surface area contributed by atoms with Gasteiger partial charge in [0.05, 0.1) is 6.54 Å². The summed E-state index contributed by atoms with van der Waals surface area (Å²) < 4.78 is 6.00. The largest absolute Gasteiger partial charge is 0.453 e. The van der Waals surface area contributed by atoms with Crippen molar-refractivity contribution in [2.45, 2.75) is 35.9 Å². The molecule has 0 aliphatic carbocycles. The predicted molar refractivity (Wildman–Crippen MR) is 97.4 cm³/mol. The maximum absolute atomic E-state index is 9.21. The van der Waals surface area contributed by atoms with E-state index in [4.69, 9.17) is 4.42 Å². The average Bonchev–Trinajstić information content (AvgIpc) is 3.00. The minimum Gasteiger partial charge on any atom is -0.453 e. The van der Waals surface area contributed by atoms with Gasteiger partial charge in [0.1, 0.15) is 5.76 Å². The Labute approximate surface area is 148 Å². The number of nitrogens with zero attached hydrogens (tertiary/aromatic N) is 2. The topological polar surface area (TPSA) is 39.9 Å². The molecule has 0 unspecified atom stereocenters. The quantitative estimate of drug-likeness (QED) is 0.869. The van der Waals surface area contributed by atoms with Gasteiger partial charge in [0, 0.05) is 37.2 Å². The van der Waals surface area contributed by atoms with Gasteiger partial charge in [0.25, 0.3) is 0 Å². The van der Waals surface area contributed by atoms with Crippen LogP contribution in [-0.4, -0.2) is 54.2 Å². The van der Waals surface area contributed by atoms with Crippen molar-refractivity contribution in [3.8, 4) is 0 Å². The lowest BCUT2D eigenvalue weighted by Crippen LogP contribution is -2.51. The van der Waals surface area contributed by atoms with E-state index in [9.17, 15) is 5.11 Å². The monoisotopic (exact) mass is 346 g/mol. The number of furan rings is 1. The molecule has 0 amide bonds. The Morgan fingerprint density at radius 1 is 1.17 bits per heavy atom. The van der Waals surface area contributed by atoms with Crippen LogP contribution in [0.2, 0.25) is 0 Å². The van der Waals surface area contributed by atoms with Crippen LogP contribution in [0.1, 0.15) is 17.7 Å². The van der Waals surface area contributed by atoms with Gasteiger partial charge < -0.3 is 14.4 Å². The fraction of sp³-hybridized carbons (Fsp3) is 0.474. The van der Waals surface area contributed by atoms with Crippen molar-refractivity contribution in [3.05, 3.63) is 47.7 Å². The SMILES string of the molecule is Cc1ccc(Sc2ccc(CN3CCN(C)[C@@H](CCO)C3)o2)cc1. The minimum atomic E-state index is 0.251. The highest BCUT2D eigenvalue weighted by molar-refractivity contribution is 7.99. The number of hydrogen-bond donors (Lipinski definition) is 1. The van der Waals surface area contributed by atoms with Crippen LogP contribution in [-0.2, 0) is 6.54 Å². The lowest BCUT2D eigenvalue weighted by molar-refractivity contribution is 0.0696. The van der Waals surface area contributed by atoms with E-state index in [2.05, 4.69) is 60.2 Å². The molecule has 0 saturated carbocycles. The molecule has 1 aromatic carbocycles. The summed E-state index contributed by atoms with van der Waals surface area (Å²) in [6, 6.07) is 13.1. The molecule has 1 aliphatic heterocycles. The number of likely N-dealkylation sites (N-methyl/N-ethyl adjacent to an activating group) is 1. The third-order valence-corrected chi connectivity index (χ3v) is 5.51. The van der Waals surface area contributed by atoms with E-state index in [1.54, 1.807) is 11.8 Å². The van der Waals surface area contributed by atoms with Gasteiger partial charge in [-0.25, -0.2) is 0 Å². The second-order valence-electron chi connectivity index (χ2n) is 6.52. The molecule has 1 saturated heterocycles. The molecule has 1 N–H and O–H groups in total. The molecule has 2 heterocycles. The van der Waals surface area contributed by atoms with E-state index in [0.717, 1.165) is 43.5 Å². The van der Waals surface area contributed by atoms with Crippen LogP contribution in [0.5, 0.6) is 0 Å². The number of piperazine rings is 1. The number of hydrogen-bond acceptors (Lipinski definition) is 5. The van der Waals surface area contributed by atoms with Crippen molar-refractivity contribution in [3.63, 3.8) is 0 Å². The van der Waals surface area contributed by atoms with E-state index in [1.807, 2.05) is 0 Å². The highest BCUT2D eigenvalue weighted by Crippen LogP contribution is 2.30. The molecule has 0 bridgehead atoms. The smallest absolute Gasteiger partial charge is 0.165 e. The van der Waals surface area contributed by atoms with Gasteiger partial charge in [-0.1, -0.05) is 29.5 Å². The second-order valence-corrected chi connectivity index (χ2v) is 7.60. The van der Waals surface area contributed by atoms with Crippen LogP contribution in [0.25, 0.3) is 0 Å². The van der Waals surface area contributed by atoms with Crippen LogP contribution in [0.4, 0.5) is 0 Å². The fourth-order valence-electron chi connectivity index (χ4n) is 3.06. The Morgan fingerprint density at radius 3 is 2.71 bits per heavy atom. The first-order valence-corrected chi connectivity index (χ1v) is 9.32. The molecule has 3 rings (SSSR count). The van der Waals surface area contributed by atoms with Gasteiger partial charge in [-0.05, 0) is 44.7 Å². The predicted octanol–water partition coefficient (Wildman–Crippen LogP) is 3.24. The van der Waals surface area contributed by atoms with E-state index in [0.29, 0.717) is 6.04 Å². The standard InChI is InChI=1S/C19H26N2O2S/c1-15-3-6-18(7-4-15)24-19-8-5-17(23-19)14-21-11-10-20(2)16(13-21)9-12-22/h3-8,16,22H,9-14H2,1-2H3/t16-/m0/s1. The minimum absolute atomic E-state index is 0.251. The molecule has 0 radical (unpaired) electrons. The molecule has 24 heavy (non-hydrogen) atoms. The second kappa shape index (κ2) is 8.21. The van der Waals surface area contributed by atoms with Crippen molar-refractivity contribution in [2.24, 2.45) is 0 Å². The van der Waals surface area contributed by atoms with E-state index >= 15 is 0 Å². The van der Waals surface area contributed by atoms with E-state index < -0.39 is 0 Å². The first kappa shape index (κ1) is 17.5. The molecule has 4 nitrogen and oxygen atoms in total. The summed E-state index contributed by atoms with van der Waals surface area (Å²) in [6.07, 6.45) is 0.833. The van der Waals surface area contributed by atoms with Crippen LogP contribution >= 0.6 is 11.8 Å². The van der Waals surface area contributed by atoms with Crippen LogP contribution in [0.15, 0.2) is 50.8 Å². The molecule has 2 aromatic rings. The van der Waals surface area contributed by atoms with E-state index in [-0.39, 0.29) is 6.61 Å². The Hall–Kier alpha value is -1.27. The van der Waals surface area contributed by atoms with Gasteiger partial charge in [-0.15, -0.1) is 0 Å². The summed E-state index contributed by atoms with van der Waals surface area (Å²) in [5, 5.41) is 10.1. The van der Waals surface area contributed by atoms with Gasteiger partial charge in [-0.2, -0.15) is 0 Å². The molecule has 1 atom stereocenters. The summed E-state index contributed by atoms with van der Waals surface area (Å²) in [5.41, 5.74) is 1.27. The lowest BCUT2D eigenvalue weighted by atomic mass is 10.1. The van der Waals surface area contributed by atoms with Crippen molar-refractivity contribution in [1.29, 1.82) is 0 Å². The Bertz CT molecular complexity index is 641. The molecule has 5 heteroatoms. The van der Waals surface area contributed by atoms with Crippen LogP contribution < -0.4 is 0 Å². The zero-order valence-electron chi connectivity index (χ0n) is 14.4. The third-order valence-electron chi connectivity index (χ3n) is 4.58. The van der Waals surface area contributed by atoms with Gasteiger partial charge in [0.15, 0.2) is 5.09 Å². The van der Waals surface area contributed by atoms with Crippen molar-refractivity contribution >= 4 is 11.8 Å². The van der Waals surface area contributed by atoms with Crippen molar-refractivity contribution in [2.75, 3.05) is 33.3 Å². The van der Waals surface area contributed by atoms with Crippen LogP contribution in [0, 0.1) is 6.92 Å². The zero-order valence-corrected chi connectivity index (χ0v) is 15.3. The highest BCUT2D eigenvalue weighted by Gasteiger charge is 2.24. The summed E-state index contributed by atoms with van der Waals surface area (Å²) in [5.74, 6) is 1.01. The summed E-state index contributed by atoms with van der Waals surface area (Å²) >= 11 is 1.66. The van der Waals surface area contributed by atoms with Gasteiger partial charge in [-0.3, -0.25) is 4.90 Å². The third kappa shape index (κ3) is 4.63. The average molecular weight is 346 g/mol. The maximum Gasteiger partial charge on any atom is 0.165 e. The molecule has 1 aromatic heterocycles. The Balaban J connectivity index is 1.56. The Kier molecular flexibility index (Phi) is 6.00. The number of aliphatic hydroxyl groups is 1. The van der Waals surface area contributed by atoms with Crippen molar-refractivity contribution in [1.82, 2.24) is 9.80 Å². The van der Waals surface area contributed by atoms with E-state index in [1.165, 1.54) is 10.5 Å². The number of rotatable bonds is 6. The Morgan fingerprint density at radius 2 is 1.96 bits per heavy atom. The lowest BCUT2D eigenvalue weighted by Gasteiger charge is -2.39.